The zero-order chi connectivity index (χ0) is 26.3. The molecule has 0 aliphatic carbocycles. The van der Waals surface area contributed by atoms with Crippen LogP contribution in [-0.2, 0) is 23.9 Å². The minimum absolute atomic E-state index is 0.160. The van der Waals surface area contributed by atoms with Crippen molar-refractivity contribution in [1.29, 1.82) is 0 Å². The van der Waals surface area contributed by atoms with Gasteiger partial charge in [0.05, 0.1) is 29.6 Å². The van der Waals surface area contributed by atoms with Crippen LogP contribution in [0.1, 0.15) is 59.4 Å². The van der Waals surface area contributed by atoms with Gasteiger partial charge in [0.25, 0.3) is 11.6 Å². The highest BCUT2D eigenvalue weighted by Gasteiger charge is 2.39. The molecule has 2 rings (SSSR count). The number of ether oxygens (including phenoxy) is 2. The topological polar surface area (TPSA) is 137 Å². The lowest BCUT2D eigenvalue weighted by Gasteiger charge is -2.32. The smallest absolute Gasteiger partial charge is 0.336 e. The molecule has 1 amide bonds. The molecule has 1 aliphatic rings. The van der Waals surface area contributed by atoms with Gasteiger partial charge in [0.15, 0.2) is 0 Å². The maximum atomic E-state index is 13.6. The van der Waals surface area contributed by atoms with Crippen LogP contribution in [-0.4, -0.2) is 42.0 Å². The minimum Gasteiger partial charge on any atom is -0.464 e. The van der Waals surface area contributed by atoms with Crippen molar-refractivity contribution in [2.24, 2.45) is 5.92 Å². The highest BCUT2D eigenvalue weighted by atomic mass is 16.6. The molecule has 10 heteroatoms. The molecule has 1 aliphatic heterocycles. The monoisotopic (exact) mass is 487 g/mol. The van der Waals surface area contributed by atoms with Crippen molar-refractivity contribution in [3.8, 4) is 0 Å². The fraction of sp³-hybridized carbons (Fsp3) is 0.480. The second-order valence-corrected chi connectivity index (χ2v) is 8.57. The summed E-state index contributed by atoms with van der Waals surface area (Å²) in [6.45, 7) is 10.8. The first kappa shape index (κ1) is 27.6. The van der Waals surface area contributed by atoms with E-state index in [9.17, 15) is 24.5 Å². The number of carbonyl (C=O) groups excluding carboxylic acids is 3. The Morgan fingerprint density at radius 3 is 2.34 bits per heavy atom. The first-order valence-electron chi connectivity index (χ1n) is 11.6. The Balaban J connectivity index is 2.62. The second kappa shape index (κ2) is 12.1. The third-order valence-corrected chi connectivity index (χ3v) is 5.57. The Morgan fingerprint density at radius 2 is 1.77 bits per heavy atom. The third-order valence-electron chi connectivity index (χ3n) is 5.57. The number of hydrogen-bond donors (Lipinski definition) is 2. The first-order chi connectivity index (χ1) is 16.5. The van der Waals surface area contributed by atoms with Crippen molar-refractivity contribution in [1.82, 2.24) is 10.6 Å². The number of benzene rings is 1. The van der Waals surface area contributed by atoms with Crippen LogP contribution in [0.2, 0.25) is 0 Å². The summed E-state index contributed by atoms with van der Waals surface area (Å²) >= 11 is 0. The van der Waals surface area contributed by atoms with Gasteiger partial charge in [-0.15, -0.1) is 0 Å². The van der Waals surface area contributed by atoms with Crippen LogP contribution in [0.15, 0.2) is 46.8 Å². The molecule has 0 radical (unpaired) electrons. The highest BCUT2D eigenvalue weighted by molar-refractivity contribution is 6.03. The number of carbonyl (C=O) groups is 3. The molecule has 1 heterocycles. The fourth-order valence-corrected chi connectivity index (χ4v) is 3.94. The van der Waals surface area contributed by atoms with Crippen molar-refractivity contribution in [3.63, 3.8) is 0 Å². The van der Waals surface area contributed by atoms with Gasteiger partial charge < -0.3 is 20.1 Å². The number of dihydropyridines is 1. The van der Waals surface area contributed by atoms with Gasteiger partial charge in [-0.1, -0.05) is 32.9 Å². The number of allylic oxidation sites excluding steroid dienone is 2. The standard InChI is InChI=1S/C25H33N3O7/c1-7-12-35-24(30)20-16(6)26-15(5)19(21(20)17-10-9-11-18(13-17)28(32)33)23(29)27-22(14(3)4)25(31)34-8-2/h9-11,13-14,21-22,26H,7-8,12H2,1-6H3,(H,27,29)/t21-,22+/m1/s1. The van der Waals surface area contributed by atoms with E-state index in [0.29, 0.717) is 23.4 Å². The van der Waals surface area contributed by atoms with E-state index in [1.165, 1.54) is 18.2 Å². The molecule has 1 aromatic rings. The normalized spacial score (nSPS) is 16.5. The Kier molecular flexibility index (Phi) is 9.56. The number of nitro benzene ring substituents is 1. The van der Waals surface area contributed by atoms with Gasteiger partial charge in [0.1, 0.15) is 6.04 Å². The summed E-state index contributed by atoms with van der Waals surface area (Å²) in [6, 6.07) is 4.87. The molecule has 35 heavy (non-hydrogen) atoms. The molecule has 0 spiro atoms. The van der Waals surface area contributed by atoms with Gasteiger partial charge in [0, 0.05) is 29.1 Å². The Bertz CT molecular complexity index is 1060. The van der Waals surface area contributed by atoms with Crippen molar-refractivity contribution < 1.29 is 28.8 Å². The first-order valence-corrected chi connectivity index (χ1v) is 11.6. The van der Waals surface area contributed by atoms with Crippen molar-refractivity contribution in [3.05, 3.63) is 62.5 Å². The van der Waals surface area contributed by atoms with Gasteiger partial charge in [0.2, 0.25) is 0 Å². The lowest BCUT2D eigenvalue weighted by atomic mass is 9.79. The maximum Gasteiger partial charge on any atom is 0.336 e. The third kappa shape index (κ3) is 6.46. The predicted octanol–water partition coefficient (Wildman–Crippen LogP) is 3.49. The lowest BCUT2D eigenvalue weighted by Crippen LogP contribution is -2.47. The number of nitro groups is 1. The van der Waals surface area contributed by atoms with Crippen LogP contribution in [0, 0.1) is 16.0 Å². The van der Waals surface area contributed by atoms with E-state index in [4.69, 9.17) is 9.47 Å². The zero-order valence-electron chi connectivity index (χ0n) is 21.0. The highest BCUT2D eigenvalue weighted by Crippen LogP contribution is 2.39. The maximum absolute atomic E-state index is 13.6. The van der Waals surface area contributed by atoms with Gasteiger partial charge >= 0.3 is 11.9 Å². The van der Waals surface area contributed by atoms with Gasteiger partial charge in [-0.25, -0.2) is 9.59 Å². The molecule has 190 valence electrons. The second-order valence-electron chi connectivity index (χ2n) is 8.57. The number of nitrogens with zero attached hydrogens (tertiary/aromatic N) is 1. The molecule has 0 saturated heterocycles. The molecule has 10 nitrogen and oxygen atoms in total. The summed E-state index contributed by atoms with van der Waals surface area (Å²) in [7, 11) is 0. The van der Waals surface area contributed by atoms with E-state index in [1.807, 2.05) is 6.92 Å². The van der Waals surface area contributed by atoms with E-state index in [0.717, 1.165) is 0 Å². The van der Waals surface area contributed by atoms with Crippen molar-refractivity contribution >= 4 is 23.5 Å². The van der Waals surface area contributed by atoms with E-state index in [-0.39, 0.29) is 36.0 Å². The molecular formula is C25H33N3O7. The van der Waals surface area contributed by atoms with Gasteiger partial charge in [-0.2, -0.15) is 0 Å². The van der Waals surface area contributed by atoms with Crippen molar-refractivity contribution in [2.45, 2.75) is 59.9 Å². The van der Waals surface area contributed by atoms with E-state index in [1.54, 1.807) is 40.7 Å². The number of non-ortho nitro benzene ring substituents is 1. The van der Waals surface area contributed by atoms with Crippen LogP contribution >= 0.6 is 0 Å². The molecule has 0 saturated carbocycles. The molecule has 2 atom stereocenters. The molecule has 1 aromatic carbocycles. The van der Waals surface area contributed by atoms with Crippen LogP contribution in [0.4, 0.5) is 5.69 Å². The zero-order valence-corrected chi connectivity index (χ0v) is 21.0. The predicted molar refractivity (Wildman–Crippen MR) is 129 cm³/mol. The molecule has 0 bridgehead atoms. The summed E-state index contributed by atoms with van der Waals surface area (Å²) < 4.78 is 10.5. The van der Waals surface area contributed by atoms with Crippen molar-refractivity contribution in [2.75, 3.05) is 13.2 Å². The minimum atomic E-state index is -0.949. The largest absolute Gasteiger partial charge is 0.464 e. The lowest BCUT2D eigenvalue weighted by molar-refractivity contribution is -0.384. The average Bonchev–Trinajstić information content (AvgIpc) is 2.80. The molecule has 2 N–H and O–H groups in total. The molecule has 0 fully saturated rings. The Labute approximate surface area is 204 Å². The quantitative estimate of drug-likeness (QED) is 0.291. The Morgan fingerprint density at radius 1 is 1.11 bits per heavy atom. The molecular weight excluding hydrogens is 454 g/mol. The summed E-state index contributed by atoms with van der Waals surface area (Å²) in [6.07, 6.45) is 0.602. The molecule has 0 unspecified atom stereocenters. The summed E-state index contributed by atoms with van der Waals surface area (Å²) in [5.74, 6) is -3.00. The summed E-state index contributed by atoms with van der Waals surface area (Å²) in [5, 5.41) is 17.2. The number of nitrogens with one attached hydrogen (secondary N) is 2. The summed E-state index contributed by atoms with van der Waals surface area (Å²) in [4.78, 5) is 50.1. The van der Waals surface area contributed by atoms with Crippen LogP contribution in [0.3, 0.4) is 0 Å². The van der Waals surface area contributed by atoms with E-state index < -0.39 is 34.7 Å². The van der Waals surface area contributed by atoms with E-state index in [2.05, 4.69) is 10.6 Å². The number of esters is 2. The number of hydrogen-bond acceptors (Lipinski definition) is 8. The van der Waals surface area contributed by atoms with Gasteiger partial charge in [-0.05, 0) is 38.7 Å². The van der Waals surface area contributed by atoms with Crippen LogP contribution in [0.25, 0.3) is 0 Å². The molecule has 0 aromatic heterocycles. The SMILES string of the molecule is CCCOC(=O)C1=C(C)NC(C)=C(C(=O)N[C@H](C(=O)OCC)C(C)C)[C@H]1c1cccc([N+](=O)[O-])c1. The summed E-state index contributed by atoms with van der Waals surface area (Å²) in [5.41, 5.74) is 1.47. The average molecular weight is 488 g/mol. The Hall–Kier alpha value is -3.69. The van der Waals surface area contributed by atoms with E-state index >= 15 is 0 Å². The fourth-order valence-electron chi connectivity index (χ4n) is 3.94. The van der Waals surface area contributed by atoms with Gasteiger partial charge in [-0.3, -0.25) is 14.9 Å². The number of rotatable bonds is 10. The number of amides is 1. The van der Waals surface area contributed by atoms with Crippen LogP contribution < -0.4 is 10.6 Å². The van der Waals surface area contributed by atoms with Crippen LogP contribution in [0.5, 0.6) is 0 Å².